The Kier molecular flexibility index (Phi) is 5.11. The number of aliphatic hydroxyl groups excluding tert-OH is 1. The zero-order chi connectivity index (χ0) is 19.7. The van der Waals surface area contributed by atoms with Gasteiger partial charge in [-0.15, -0.1) is 0 Å². The van der Waals surface area contributed by atoms with Crippen molar-refractivity contribution >= 4 is 16.9 Å². The van der Waals surface area contributed by atoms with Crippen molar-refractivity contribution in [3.63, 3.8) is 0 Å². The highest BCUT2D eigenvalue weighted by Gasteiger charge is 2.27. The van der Waals surface area contributed by atoms with E-state index in [-0.39, 0.29) is 24.4 Å². The van der Waals surface area contributed by atoms with Crippen molar-refractivity contribution in [1.29, 1.82) is 0 Å². The third-order valence-corrected chi connectivity index (χ3v) is 5.11. The second-order valence-corrected chi connectivity index (χ2v) is 7.13. The number of fused-ring (bicyclic) bond motifs is 1. The number of nitrogens with zero attached hydrogens (tertiary/aromatic N) is 2. The van der Waals surface area contributed by atoms with Gasteiger partial charge in [-0.25, -0.2) is 4.39 Å². The van der Waals surface area contributed by atoms with Crippen LogP contribution < -0.4 is 5.32 Å². The Balaban J connectivity index is 1.67. The molecule has 28 heavy (non-hydrogen) atoms. The first kappa shape index (κ1) is 18.6. The van der Waals surface area contributed by atoms with Crippen molar-refractivity contribution in [2.75, 3.05) is 13.2 Å². The van der Waals surface area contributed by atoms with Gasteiger partial charge in [-0.05, 0) is 42.7 Å². The summed E-state index contributed by atoms with van der Waals surface area (Å²) in [5, 5.41) is 13.0. The molecule has 1 saturated heterocycles. The van der Waals surface area contributed by atoms with E-state index in [9.17, 15) is 14.3 Å². The van der Waals surface area contributed by atoms with Gasteiger partial charge in [0.05, 0.1) is 29.8 Å². The largest absolute Gasteiger partial charge is 0.389 e. The molecule has 1 amide bonds. The minimum Gasteiger partial charge on any atom is -0.389 e. The Labute approximate surface area is 162 Å². The molecule has 0 saturated carbocycles. The predicted molar refractivity (Wildman–Crippen MR) is 103 cm³/mol. The van der Waals surface area contributed by atoms with Crippen LogP contribution in [-0.2, 0) is 11.3 Å². The maximum Gasteiger partial charge on any atom is 0.255 e. The van der Waals surface area contributed by atoms with Crippen LogP contribution in [0.3, 0.4) is 0 Å². The fourth-order valence-electron chi connectivity index (χ4n) is 3.61. The van der Waals surface area contributed by atoms with Crippen molar-refractivity contribution in [2.45, 2.75) is 32.0 Å². The number of aromatic nitrogens is 2. The fraction of sp³-hybridized carbons (Fsp3) is 0.333. The molecular weight excluding hydrogens is 361 g/mol. The summed E-state index contributed by atoms with van der Waals surface area (Å²) in [6.07, 6.45) is 3.29. The van der Waals surface area contributed by atoms with Gasteiger partial charge in [-0.2, -0.15) is 0 Å². The van der Waals surface area contributed by atoms with E-state index >= 15 is 0 Å². The van der Waals surface area contributed by atoms with E-state index in [0.29, 0.717) is 30.7 Å². The number of ether oxygens (including phenoxy) is 1. The summed E-state index contributed by atoms with van der Waals surface area (Å²) >= 11 is 0. The van der Waals surface area contributed by atoms with E-state index in [1.165, 1.54) is 12.1 Å². The Hall–Kier alpha value is -2.77. The summed E-state index contributed by atoms with van der Waals surface area (Å²) in [7, 11) is 0. The standard InChI is InChI=1S/C21H22FN3O3/c1-13-6-8-23-19-16(21(27)24-17-7-9-28-12-18(17)26)11-25(20(13)19)10-14-2-4-15(22)5-3-14/h2-6,8,11,17-18,26H,7,9-10,12H2,1H3,(H,24,27)/t17-,18?/m0/s1. The van der Waals surface area contributed by atoms with Gasteiger partial charge in [0.15, 0.2) is 0 Å². The van der Waals surface area contributed by atoms with E-state index in [2.05, 4.69) is 10.3 Å². The van der Waals surface area contributed by atoms with Crippen molar-refractivity contribution in [3.8, 4) is 0 Å². The number of aliphatic hydroxyl groups is 1. The normalized spacial score (nSPS) is 19.7. The molecule has 2 aromatic heterocycles. The second-order valence-electron chi connectivity index (χ2n) is 7.13. The van der Waals surface area contributed by atoms with Crippen molar-refractivity contribution in [1.82, 2.24) is 14.9 Å². The topological polar surface area (TPSA) is 76.4 Å². The van der Waals surface area contributed by atoms with Crippen LogP contribution >= 0.6 is 0 Å². The van der Waals surface area contributed by atoms with Crippen molar-refractivity contribution in [2.24, 2.45) is 0 Å². The number of halogens is 1. The maximum atomic E-state index is 13.2. The van der Waals surface area contributed by atoms with Crippen molar-refractivity contribution < 1.29 is 19.0 Å². The zero-order valence-corrected chi connectivity index (χ0v) is 15.6. The Bertz CT molecular complexity index is 1000. The van der Waals surface area contributed by atoms with Crippen LogP contribution in [-0.4, -0.2) is 45.9 Å². The summed E-state index contributed by atoms with van der Waals surface area (Å²) in [4.78, 5) is 17.4. The van der Waals surface area contributed by atoms with Crippen LogP contribution in [0, 0.1) is 12.7 Å². The quantitative estimate of drug-likeness (QED) is 0.726. The first-order valence-electron chi connectivity index (χ1n) is 9.28. The molecule has 1 fully saturated rings. The minimum absolute atomic E-state index is 0.217. The first-order chi connectivity index (χ1) is 13.5. The molecule has 3 aromatic rings. The highest BCUT2D eigenvalue weighted by molar-refractivity contribution is 6.06. The molecular formula is C21H22FN3O3. The Morgan fingerprint density at radius 3 is 2.89 bits per heavy atom. The molecule has 0 aliphatic carbocycles. The Morgan fingerprint density at radius 1 is 1.36 bits per heavy atom. The summed E-state index contributed by atoms with van der Waals surface area (Å²) in [6, 6.07) is 7.85. The SMILES string of the molecule is Cc1ccnc2c(C(=O)N[C@H]3CCOCC3O)cn(Cc3ccc(F)cc3)c12. The van der Waals surface area contributed by atoms with Gasteiger partial charge >= 0.3 is 0 Å². The lowest BCUT2D eigenvalue weighted by atomic mass is 10.1. The van der Waals surface area contributed by atoms with Crippen LogP contribution in [0.2, 0.25) is 0 Å². The third kappa shape index (κ3) is 3.63. The lowest BCUT2D eigenvalue weighted by molar-refractivity contribution is -0.0260. The molecule has 1 unspecified atom stereocenters. The first-order valence-corrected chi connectivity index (χ1v) is 9.28. The van der Waals surface area contributed by atoms with Crippen molar-refractivity contribution in [3.05, 3.63) is 65.2 Å². The highest BCUT2D eigenvalue weighted by Crippen LogP contribution is 2.24. The fourth-order valence-corrected chi connectivity index (χ4v) is 3.61. The molecule has 1 aromatic carbocycles. The molecule has 2 N–H and O–H groups in total. The van der Waals surface area contributed by atoms with Gasteiger partial charge in [0, 0.05) is 25.5 Å². The lowest BCUT2D eigenvalue weighted by Crippen LogP contribution is -2.48. The number of nitrogens with one attached hydrogen (secondary N) is 1. The highest BCUT2D eigenvalue weighted by atomic mass is 19.1. The van der Waals surface area contributed by atoms with Gasteiger partial charge in [-0.3, -0.25) is 9.78 Å². The number of hydrogen-bond acceptors (Lipinski definition) is 4. The number of rotatable bonds is 4. The number of amides is 1. The summed E-state index contributed by atoms with van der Waals surface area (Å²) in [6.45, 7) is 3.19. The number of aryl methyl sites for hydroxylation is 1. The van der Waals surface area contributed by atoms with Gasteiger partial charge < -0.3 is 19.7 Å². The van der Waals surface area contributed by atoms with Crippen LogP contribution in [0.5, 0.6) is 0 Å². The van der Waals surface area contributed by atoms with Gasteiger partial charge in [0.2, 0.25) is 0 Å². The number of carbonyl (C=O) groups is 1. The van der Waals surface area contributed by atoms with Crippen LogP contribution in [0.4, 0.5) is 4.39 Å². The molecule has 6 nitrogen and oxygen atoms in total. The maximum absolute atomic E-state index is 13.2. The zero-order valence-electron chi connectivity index (χ0n) is 15.6. The monoisotopic (exact) mass is 383 g/mol. The van der Waals surface area contributed by atoms with Gasteiger partial charge in [-0.1, -0.05) is 12.1 Å². The van der Waals surface area contributed by atoms with Crippen LogP contribution in [0.25, 0.3) is 11.0 Å². The molecule has 4 rings (SSSR count). The lowest BCUT2D eigenvalue weighted by Gasteiger charge is -2.28. The van der Waals surface area contributed by atoms with E-state index in [1.54, 1.807) is 24.5 Å². The van der Waals surface area contributed by atoms with E-state index in [0.717, 1.165) is 16.6 Å². The van der Waals surface area contributed by atoms with Crippen LogP contribution in [0.1, 0.15) is 27.9 Å². The smallest absolute Gasteiger partial charge is 0.255 e. The van der Waals surface area contributed by atoms with E-state index in [1.807, 2.05) is 17.6 Å². The van der Waals surface area contributed by atoms with Crippen LogP contribution in [0.15, 0.2) is 42.7 Å². The predicted octanol–water partition coefficient (Wildman–Crippen LogP) is 2.41. The molecule has 1 aliphatic rings. The van der Waals surface area contributed by atoms with E-state index < -0.39 is 6.10 Å². The molecule has 0 bridgehead atoms. The van der Waals surface area contributed by atoms with Gasteiger partial charge in [0.25, 0.3) is 5.91 Å². The molecule has 3 heterocycles. The summed E-state index contributed by atoms with van der Waals surface area (Å²) < 4.78 is 20.4. The Morgan fingerprint density at radius 2 is 2.14 bits per heavy atom. The molecule has 1 aliphatic heterocycles. The molecule has 146 valence electrons. The number of pyridine rings is 1. The van der Waals surface area contributed by atoms with E-state index in [4.69, 9.17) is 4.74 Å². The third-order valence-electron chi connectivity index (χ3n) is 5.11. The number of hydrogen-bond donors (Lipinski definition) is 2. The molecule has 2 atom stereocenters. The number of carbonyl (C=O) groups excluding carboxylic acids is 1. The molecule has 0 spiro atoms. The second kappa shape index (κ2) is 7.69. The number of benzene rings is 1. The minimum atomic E-state index is -0.722. The molecule has 7 heteroatoms. The molecule has 0 radical (unpaired) electrons. The van der Waals surface area contributed by atoms with Gasteiger partial charge in [0.1, 0.15) is 11.3 Å². The summed E-state index contributed by atoms with van der Waals surface area (Å²) in [5.41, 5.74) is 3.86. The summed E-state index contributed by atoms with van der Waals surface area (Å²) in [5.74, 6) is -0.555. The average molecular weight is 383 g/mol. The average Bonchev–Trinajstić information content (AvgIpc) is 3.05.